The highest BCUT2D eigenvalue weighted by molar-refractivity contribution is 5.81. The molecule has 1 saturated carbocycles. The number of rotatable bonds is 5. The van der Waals surface area contributed by atoms with E-state index < -0.39 is 0 Å². The zero-order chi connectivity index (χ0) is 18.9. The van der Waals surface area contributed by atoms with E-state index in [4.69, 9.17) is 4.98 Å². The van der Waals surface area contributed by atoms with Crippen molar-refractivity contribution >= 4 is 17.1 Å². The summed E-state index contributed by atoms with van der Waals surface area (Å²) < 4.78 is 2.07. The second-order valence-corrected chi connectivity index (χ2v) is 7.17. The molecular weight excluding hydrogens is 348 g/mol. The first kappa shape index (κ1) is 16.7. The first-order chi connectivity index (χ1) is 13.8. The normalized spacial score (nSPS) is 13.6. The van der Waals surface area contributed by atoms with Gasteiger partial charge in [-0.2, -0.15) is 0 Å². The molecule has 0 bridgehead atoms. The van der Waals surface area contributed by atoms with Crippen LogP contribution >= 0.6 is 0 Å². The summed E-state index contributed by atoms with van der Waals surface area (Å²) in [5.74, 6) is 0.948. The highest BCUT2D eigenvalue weighted by Gasteiger charge is 2.23. The van der Waals surface area contributed by atoms with Gasteiger partial charge in [-0.05, 0) is 42.7 Å². The second kappa shape index (κ2) is 6.93. The highest BCUT2D eigenvalue weighted by atomic mass is 16.1. The van der Waals surface area contributed by atoms with Crippen molar-refractivity contribution in [3.63, 3.8) is 0 Å². The summed E-state index contributed by atoms with van der Waals surface area (Å²) in [5.41, 5.74) is 4.69. The third kappa shape index (κ3) is 3.27. The summed E-state index contributed by atoms with van der Waals surface area (Å²) in [5, 5.41) is 3.04. The molecule has 0 aliphatic heterocycles. The van der Waals surface area contributed by atoms with Crippen molar-refractivity contribution < 1.29 is 4.79 Å². The average molecular weight is 368 g/mol. The number of pyridine rings is 1. The molecule has 1 N–H and O–H groups in total. The van der Waals surface area contributed by atoms with Gasteiger partial charge in [0.1, 0.15) is 11.3 Å². The van der Waals surface area contributed by atoms with E-state index >= 15 is 0 Å². The average Bonchev–Trinajstić information content (AvgIpc) is 3.45. The quantitative estimate of drug-likeness (QED) is 0.581. The summed E-state index contributed by atoms with van der Waals surface area (Å²) in [4.78, 5) is 21.4. The molecule has 2 heterocycles. The van der Waals surface area contributed by atoms with Crippen LogP contribution in [0.15, 0.2) is 72.9 Å². The van der Waals surface area contributed by atoms with Crippen LogP contribution in [0.25, 0.3) is 28.2 Å². The maximum absolute atomic E-state index is 12.1. The number of carbonyl (C=O) groups is 1. The van der Waals surface area contributed by atoms with Crippen molar-refractivity contribution in [2.45, 2.75) is 25.3 Å². The van der Waals surface area contributed by atoms with Crippen molar-refractivity contribution in [1.29, 1.82) is 0 Å². The van der Waals surface area contributed by atoms with Crippen LogP contribution in [0, 0.1) is 0 Å². The molecule has 1 amide bonds. The van der Waals surface area contributed by atoms with Crippen LogP contribution in [0.3, 0.4) is 0 Å². The van der Waals surface area contributed by atoms with Gasteiger partial charge in [-0.1, -0.05) is 42.5 Å². The molecule has 0 unspecified atom stereocenters. The molecule has 1 aliphatic rings. The molecule has 2 aromatic heterocycles. The minimum absolute atomic E-state index is 0.0926. The van der Waals surface area contributed by atoms with Gasteiger partial charge in [-0.15, -0.1) is 0 Å². The van der Waals surface area contributed by atoms with Crippen molar-refractivity contribution in [2.24, 2.45) is 0 Å². The molecule has 5 nitrogen and oxygen atoms in total. The van der Waals surface area contributed by atoms with Gasteiger partial charge >= 0.3 is 0 Å². The van der Waals surface area contributed by atoms with Gasteiger partial charge in [0.25, 0.3) is 0 Å². The van der Waals surface area contributed by atoms with Crippen molar-refractivity contribution in [3.05, 3.63) is 78.5 Å². The number of nitrogens with one attached hydrogen (secondary N) is 1. The van der Waals surface area contributed by atoms with E-state index in [2.05, 4.69) is 14.9 Å². The fourth-order valence-electron chi connectivity index (χ4n) is 3.39. The van der Waals surface area contributed by atoms with Crippen LogP contribution in [0.4, 0.5) is 0 Å². The van der Waals surface area contributed by atoms with Gasteiger partial charge in [0.2, 0.25) is 5.91 Å². The van der Waals surface area contributed by atoms with Crippen LogP contribution in [-0.2, 0) is 11.2 Å². The maximum atomic E-state index is 12.1. The molecule has 28 heavy (non-hydrogen) atoms. The Morgan fingerprint density at radius 3 is 2.54 bits per heavy atom. The highest BCUT2D eigenvalue weighted by Crippen LogP contribution is 2.27. The summed E-state index contributed by atoms with van der Waals surface area (Å²) >= 11 is 0. The fourth-order valence-corrected chi connectivity index (χ4v) is 3.39. The van der Waals surface area contributed by atoms with Gasteiger partial charge in [0, 0.05) is 23.5 Å². The Kier molecular flexibility index (Phi) is 4.13. The van der Waals surface area contributed by atoms with E-state index in [0.29, 0.717) is 12.5 Å². The molecular formula is C23H20N4O. The van der Waals surface area contributed by atoms with E-state index in [1.54, 1.807) is 6.20 Å². The fraction of sp³-hybridized carbons (Fsp3) is 0.174. The smallest absolute Gasteiger partial charge is 0.224 e. The number of hydrogen-bond acceptors (Lipinski definition) is 3. The lowest BCUT2D eigenvalue weighted by molar-refractivity contribution is -0.120. The van der Waals surface area contributed by atoms with Gasteiger partial charge in [-0.3, -0.25) is 9.36 Å². The van der Waals surface area contributed by atoms with Gasteiger partial charge in [0.15, 0.2) is 5.65 Å². The maximum Gasteiger partial charge on any atom is 0.224 e. The number of hydrogen-bond donors (Lipinski definition) is 1. The van der Waals surface area contributed by atoms with E-state index in [0.717, 1.165) is 46.6 Å². The summed E-state index contributed by atoms with van der Waals surface area (Å²) in [7, 11) is 0. The SMILES string of the molecule is O=C(Cc1ccc(-n2c(-c3ccccc3)nc3cccnc32)cc1)NC1CC1. The van der Waals surface area contributed by atoms with Crippen molar-refractivity contribution in [2.75, 3.05) is 0 Å². The number of carbonyl (C=O) groups excluding carboxylic acids is 1. The first-order valence-corrected chi connectivity index (χ1v) is 9.55. The minimum Gasteiger partial charge on any atom is -0.353 e. The van der Waals surface area contributed by atoms with Crippen molar-refractivity contribution in [3.8, 4) is 17.1 Å². The number of imidazole rings is 1. The minimum atomic E-state index is 0.0926. The summed E-state index contributed by atoms with van der Waals surface area (Å²) in [6.07, 6.45) is 4.40. The lowest BCUT2D eigenvalue weighted by Crippen LogP contribution is -2.26. The first-order valence-electron chi connectivity index (χ1n) is 9.55. The Morgan fingerprint density at radius 2 is 1.79 bits per heavy atom. The molecule has 1 aliphatic carbocycles. The number of aromatic nitrogens is 3. The van der Waals surface area contributed by atoms with Crippen LogP contribution < -0.4 is 5.32 Å². The molecule has 5 heteroatoms. The van der Waals surface area contributed by atoms with E-state index in [9.17, 15) is 4.79 Å². The number of amides is 1. The van der Waals surface area contributed by atoms with E-state index in [1.165, 1.54) is 0 Å². The predicted molar refractivity (Wildman–Crippen MR) is 109 cm³/mol. The van der Waals surface area contributed by atoms with Gasteiger partial charge in [-0.25, -0.2) is 9.97 Å². The third-order valence-electron chi connectivity index (χ3n) is 4.95. The second-order valence-electron chi connectivity index (χ2n) is 7.17. The molecule has 0 atom stereocenters. The molecule has 0 saturated heterocycles. The molecule has 5 rings (SSSR count). The molecule has 0 radical (unpaired) electrons. The molecule has 4 aromatic rings. The Balaban J connectivity index is 1.52. The van der Waals surface area contributed by atoms with E-state index in [-0.39, 0.29) is 5.91 Å². The Bertz CT molecular complexity index is 1130. The Hall–Kier alpha value is -3.47. The number of nitrogens with zero attached hydrogens (tertiary/aromatic N) is 3. The van der Waals surface area contributed by atoms with Crippen LogP contribution in [0.1, 0.15) is 18.4 Å². The Morgan fingerprint density at radius 1 is 1.00 bits per heavy atom. The molecule has 138 valence electrons. The van der Waals surface area contributed by atoms with Gasteiger partial charge in [0.05, 0.1) is 6.42 Å². The topological polar surface area (TPSA) is 59.8 Å². The molecule has 0 spiro atoms. The lowest BCUT2D eigenvalue weighted by Gasteiger charge is -2.10. The lowest BCUT2D eigenvalue weighted by atomic mass is 10.1. The zero-order valence-electron chi connectivity index (χ0n) is 15.4. The molecule has 1 fully saturated rings. The van der Waals surface area contributed by atoms with Crippen LogP contribution in [0.5, 0.6) is 0 Å². The predicted octanol–water partition coefficient (Wildman–Crippen LogP) is 3.91. The van der Waals surface area contributed by atoms with Gasteiger partial charge < -0.3 is 5.32 Å². The monoisotopic (exact) mass is 368 g/mol. The summed E-state index contributed by atoms with van der Waals surface area (Å²) in [6, 6.07) is 22.4. The largest absolute Gasteiger partial charge is 0.353 e. The number of benzene rings is 2. The molecule has 2 aromatic carbocycles. The van der Waals surface area contributed by atoms with Crippen LogP contribution in [0.2, 0.25) is 0 Å². The van der Waals surface area contributed by atoms with Crippen molar-refractivity contribution in [1.82, 2.24) is 19.9 Å². The van der Waals surface area contributed by atoms with E-state index in [1.807, 2.05) is 66.7 Å². The summed E-state index contributed by atoms with van der Waals surface area (Å²) in [6.45, 7) is 0. The Labute approximate surface area is 163 Å². The number of fused-ring (bicyclic) bond motifs is 1. The standard InChI is InChI=1S/C23H20N4O/c28-21(25-18-10-11-18)15-16-8-12-19(13-9-16)27-22(17-5-2-1-3-6-17)26-20-7-4-14-24-23(20)27/h1-9,12-14,18H,10-11,15H2,(H,25,28). The third-order valence-corrected chi connectivity index (χ3v) is 4.95. The van der Waals surface area contributed by atoms with Crippen LogP contribution in [-0.4, -0.2) is 26.5 Å². The zero-order valence-corrected chi connectivity index (χ0v) is 15.4.